The first-order chi connectivity index (χ1) is 13.9. The number of hydrogen-bond donors (Lipinski definition) is 2. The second kappa shape index (κ2) is 6.59. The van der Waals surface area contributed by atoms with Gasteiger partial charge in [-0.1, -0.05) is 0 Å². The van der Waals surface area contributed by atoms with Gasteiger partial charge in [0.25, 0.3) is 5.92 Å². The van der Waals surface area contributed by atoms with E-state index in [4.69, 9.17) is 0 Å². The Morgan fingerprint density at radius 3 is 2.76 bits per heavy atom. The number of aromatic hydroxyl groups is 1. The van der Waals surface area contributed by atoms with Gasteiger partial charge in [-0.25, -0.2) is 8.78 Å². The van der Waals surface area contributed by atoms with Crippen LogP contribution >= 0.6 is 0 Å². The number of pyridine rings is 1. The van der Waals surface area contributed by atoms with E-state index < -0.39 is 12.0 Å². The van der Waals surface area contributed by atoms with Crippen LogP contribution in [-0.2, 0) is 0 Å². The Morgan fingerprint density at radius 1 is 1.14 bits per heavy atom. The molecule has 29 heavy (non-hydrogen) atoms. The summed E-state index contributed by atoms with van der Waals surface area (Å²) in [4.78, 5) is 6.00. The SMILES string of the molecule is CN(c1ccc(-c2cc3ccncc3cc2O)nn1)[C@H]1C[C@H]2CC(F)(F)[C@@H](C1)N2. The van der Waals surface area contributed by atoms with Crippen LogP contribution in [0.1, 0.15) is 19.3 Å². The van der Waals surface area contributed by atoms with Gasteiger partial charge in [0.15, 0.2) is 5.82 Å². The molecule has 3 atom stereocenters. The molecule has 8 heteroatoms. The van der Waals surface area contributed by atoms with Gasteiger partial charge in [-0.2, -0.15) is 0 Å². The third kappa shape index (κ3) is 3.17. The molecular formula is C21H21F2N5O. The average Bonchev–Trinajstić information content (AvgIpc) is 2.93. The lowest BCUT2D eigenvalue weighted by molar-refractivity contribution is -0.0128. The number of phenolic OH excluding ortho intramolecular Hbond substituents is 1. The predicted octanol–water partition coefficient (Wildman–Crippen LogP) is 3.36. The number of halogens is 2. The van der Waals surface area contributed by atoms with E-state index in [1.54, 1.807) is 24.5 Å². The van der Waals surface area contributed by atoms with Crippen LogP contribution in [0.4, 0.5) is 14.6 Å². The molecule has 1 aromatic carbocycles. The maximum atomic E-state index is 14.0. The van der Waals surface area contributed by atoms with Crippen molar-refractivity contribution in [2.75, 3.05) is 11.9 Å². The van der Waals surface area contributed by atoms with E-state index in [2.05, 4.69) is 20.5 Å². The Labute approximate surface area is 166 Å². The summed E-state index contributed by atoms with van der Waals surface area (Å²) < 4.78 is 28.0. The molecule has 2 fully saturated rings. The topological polar surface area (TPSA) is 74.2 Å². The number of alkyl halides is 2. The van der Waals surface area contributed by atoms with Gasteiger partial charge in [0.05, 0.1) is 11.7 Å². The number of nitrogens with zero attached hydrogens (tertiary/aromatic N) is 4. The Morgan fingerprint density at radius 2 is 2.00 bits per heavy atom. The van der Waals surface area contributed by atoms with Gasteiger partial charge in [-0.15, -0.1) is 10.2 Å². The maximum Gasteiger partial charge on any atom is 0.264 e. The molecule has 5 rings (SSSR count). The number of aromatic nitrogens is 3. The zero-order chi connectivity index (χ0) is 20.2. The monoisotopic (exact) mass is 397 g/mol. The van der Waals surface area contributed by atoms with Gasteiger partial charge >= 0.3 is 0 Å². The summed E-state index contributed by atoms with van der Waals surface area (Å²) in [5.74, 6) is -1.90. The number of hydrogen-bond acceptors (Lipinski definition) is 6. The van der Waals surface area contributed by atoms with E-state index in [9.17, 15) is 13.9 Å². The molecule has 2 N–H and O–H groups in total. The van der Waals surface area contributed by atoms with Gasteiger partial charge in [-0.05, 0) is 48.6 Å². The fraction of sp³-hybridized carbons (Fsp3) is 0.381. The molecule has 2 aromatic heterocycles. The summed E-state index contributed by atoms with van der Waals surface area (Å²) in [6.07, 6.45) is 4.33. The molecule has 150 valence electrons. The zero-order valence-corrected chi connectivity index (χ0v) is 15.9. The number of nitrogens with one attached hydrogen (secondary N) is 1. The smallest absolute Gasteiger partial charge is 0.264 e. The molecule has 0 amide bonds. The van der Waals surface area contributed by atoms with Crippen molar-refractivity contribution in [2.45, 2.75) is 43.3 Å². The number of phenols is 1. The van der Waals surface area contributed by atoms with E-state index in [1.807, 2.05) is 30.1 Å². The summed E-state index contributed by atoms with van der Waals surface area (Å²) in [7, 11) is 1.87. The zero-order valence-electron chi connectivity index (χ0n) is 15.9. The van der Waals surface area contributed by atoms with Crippen LogP contribution < -0.4 is 10.2 Å². The van der Waals surface area contributed by atoms with Crippen LogP contribution in [0, 0.1) is 0 Å². The van der Waals surface area contributed by atoms with Crippen LogP contribution in [0.2, 0.25) is 0 Å². The highest BCUT2D eigenvalue weighted by molar-refractivity contribution is 5.89. The van der Waals surface area contributed by atoms with Crippen LogP contribution in [0.5, 0.6) is 5.75 Å². The van der Waals surface area contributed by atoms with Crippen molar-refractivity contribution in [3.8, 4) is 17.0 Å². The molecule has 3 aromatic rings. The molecule has 4 heterocycles. The third-order valence-corrected chi connectivity index (χ3v) is 6.12. The van der Waals surface area contributed by atoms with E-state index in [0.717, 1.165) is 10.8 Å². The maximum absolute atomic E-state index is 14.0. The molecule has 2 bridgehead atoms. The number of fused-ring (bicyclic) bond motifs is 3. The highest BCUT2D eigenvalue weighted by atomic mass is 19.3. The van der Waals surface area contributed by atoms with Gasteiger partial charge in [0, 0.05) is 48.9 Å². The third-order valence-electron chi connectivity index (χ3n) is 6.12. The molecular weight excluding hydrogens is 376 g/mol. The first-order valence-corrected chi connectivity index (χ1v) is 9.68. The molecule has 0 unspecified atom stereocenters. The van der Waals surface area contributed by atoms with Crippen LogP contribution in [0.3, 0.4) is 0 Å². The fourth-order valence-corrected chi connectivity index (χ4v) is 4.51. The second-order valence-electron chi connectivity index (χ2n) is 7.99. The first-order valence-electron chi connectivity index (χ1n) is 9.68. The highest BCUT2D eigenvalue weighted by Crippen LogP contribution is 2.41. The van der Waals surface area contributed by atoms with Gasteiger partial charge < -0.3 is 15.3 Å². The molecule has 2 aliphatic heterocycles. The van der Waals surface area contributed by atoms with Gasteiger partial charge in [0.2, 0.25) is 0 Å². The number of anilines is 1. The molecule has 2 aliphatic rings. The Kier molecular flexibility index (Phi) is 4.13. The quantitative estimate of drug-likeness (QED) is 0.706. The molecule has 0 spiro atoms. The minimum Gasteiger partial charge on any atom is -0.507 e. The molecule has 0 radical (unpaired) electrons. The molecule has 6 nitrogen and oxygen atoms in total. The van der Waals surface area contributed by atoms with E-state index >= 15 is 0 Å². The Balaban J connectivity index is 1.39. The number of rotatable bonds is 3. The summed E-state index contributed by atoms with van der Waals surface area (Å²) in [6, 6.07) is 8.05. The number of piperidine rings is 1. The highest BCUT2D eigenvalue weighted by Gasteiger charge is 2.53. The van der Waals surface area contributed by atoms with Gasteiger partial charge in [0.1, 0.15) is 5.75 Å². The molecule has 0 aliphatic carbocycles. The minimum absolute atomic E-state index is 0.0126. The van der Waals surface area contributed by atoms with E-state index in [1.165, 1.54) is 0 Å². The van der Waals surface area contributed by atoms with Crippen molar-refractivity contribution in [3.63, 3.8) is 0 Å². The fourth-order valence-electron chi connectivity index (χ4n) is 4.51. The van der Waals surface area contributed by atoms with Crippen molar-refractivity contribution >= 4 is 16.6 Å². The molecule has 2 saturated heterocycles. The predicted molar refractivity (Wildman–Crippen MR) is 106 cm³/mol. The van der Waals surface area contributed by atoms with Gasteiger partial charge in [-0.3, -0.25) is 4.98 Å². The summed E-state index contributed by atoms with van der Waals surface area (Å²) >= 11 is 0. The van der Waals surface area contributed by atoms with Crippen molar-refractivity contribution in [3.05, 3.63) is 42.7 Å². The lowest BCUT2D eigenvalue weighted by Gasteiger charge is -2.36. The summed E-state index contributed by atoms with van der Waals surface area (Å²) in [5.41, 5.74) is 1.14. The molecule has 0 saturated carbocycles. The van der Waals surface area contributed by atoms with E-state index in [-0.39, 0.29) is 24.3 Å². The van der Waals surface area contributed by atoms with Crippen LogP contribution in [0.15, 0.2) is 42.7 Å². The number of benzene rings is 1. The summed E-state index contributed by atoms with van der Waals surface area (Å²) in [6.45, 7) is 0. The van der Waals surface area contributed by atoms with Crippen molar-refractivity contribution in [2.24, 2.45) is 0 Å². The second-order valence-corrected chi connectivity index (χ2v) is 7.99. The Hall–Kier alpha value is -2.87. The lowest BCUT2D eigenvalue weighted by atomic mass is 9.98. The van der Waals surface area contributed by atoms with Crippen LogP contribution in [0.25, 0.3) is 22.0 Å². The summed E-state index contributed by atoms with van der Waals surface area (Å²) in [5, 5.41) is 23.8. The van der Waals surface area contributed by atoms with Crippen LogP contribution in [-0.4, -0.2) is 51.4 Å². The largest absolute Gasteiger partial charge is 0.507 e. The standard InChI is InChI=1S/C21H21F2N5O/c1-28(15-8-14-10-21(22,23)19(9-15)25-14)20-3-2-17(26-27-20)16-6-12-4-5-24-11-13(12)7-18(16)29/h2-7,11,14-15,19,25,29H,8-10H2,1H3/t14-,15-,19+/m0/s1. The van der Waals surface area contributed by atoms with Crippen molar-refractivity contribution < 1.29 is 13.9 Å². The lowest BCUT2D eigenvalue weighted by Crippen LogP contribution is -2.49. The Bertz CT molecular complexity index is 1060. The normalized spacial score (nSPS) is 25.3. The average molecular weight is 397 g/mol. The van der Waals surface area contributed by atoms with Crippen molar-refractivity contribution in [1.82, 2.24) is 20.5 Å². The minimum atomic E-state index is -2.64. The first kappa shape index (κ1) is 18.2. The van der Waals surface area contributed by atoms with Crippen molar-refractivity contribution in [1.29, 1.82) is 0 Å². The van der Waals surface area contributed by atoms with E-state index in [0.29, 0.717) is 29.9 Å².